The van der Waals surface area contributed by atoms with E-state index in [1.54, 1.807) is 6.33 Å². The van der Waals surface area contributed by atoms with Crippen LogP contribution in [0.25, 0.3) is 0 Å². The van der Waals surface area contributed by atoms with Gasteiger partial charge in [0, 0.05) is 56.9 Å². The molecule has 0 aliphatic carbocycles. The van der Waals surface area contributed by atoms with Crippen molar-refractivity contribution in [1.82, 2.24) is 19.3 Å². The Morgan fingerprint density at radius 2 is 1.46 bits per heavy atom. The maximum Gasteiger partial charge on any atom is 0.205 e. The van der Waals surface area contributed by atoms with Crippen LogP contribution in [0.1, 0.15) is 25.1 Å². The zero-order valence-electron chi connectivity index (χ0n) is 14.1. The van der Waals surface area contributed by atoms with E-state index in [9.17, 15) is 0 Å². The van der Waals surface area contributed by atoms with E-state index in [-0.39, 0.29) is 0 Å². The van der Waals surface area contributed by atoms with Gasteiger partial charge in [0.15, 0.2) is 0 Å². The van der Waals surface area contributed by atoms with Crippen LogP contribution in [0.3, 0.4) is 0 Å². The molecule has 4 heterocycles. The highest BCUT2D eigenvalue weighted by Gasteiger charge is 2.20. The number of aromatic nitrogens is 4. The lowest BCUT2D eigenvalue weighted by Gasteiger charge is -2.24. The van der Waals surface area contributed by atoms with Crippen molar-refractivity contribution in [1.29, 1.82) is 0 Å². The molecule has 4 rings (SSSR count). The van der Waals surface area contributed by atoms with E-state index < -0.39 is 0 Å². The van der Waals surface area contributed by atoms with E-state index in [2.05, 4.69) is 40.1 Å². The highest BCUT2D eigenvalue weighted by atomic mass is 32.1. The van der Waals surface area contributed by atoms with Crippen LogP contribution in [-0.2, 0) is 0 Å². The van der Waals surface area contributed by atoms with Gasteiger partial charge in [0.25, 0.3) is 0 Å². The Hall–Kier alpha value is -1.96. The van der Waals surface area contributed by atoms with Crippen molar-refractivity contribution >= 4 is 28.3 Å². The van der Waals surface area contributed by atoms with Crippen molar-refractivity contribution in [3.05, 3.63) is 18.2 Å². The van der Waals surface area contributed by atoms with Gasteiger partial charge in [-0.25, -0.2) is 15.0 Å². The number of hydrogen-bond acceptors (Lipinski definition) is 8. The fourth-order valence-electron chi connectivity index (χ4n) is 3.38. The highest BCUT2D eigenvalue weighted by Crippen LogP contribution is 2.24. The molecule has 0 N–H and O–H groups in total. The first-order valence-electron chi connectivity index (χ1n) is 8.67. The van der Waals surface area contributed by atoms with Crippen LogP contribution in [0.15, 0.2) is 12.4 Å². The van der Waals surface area contributed by atoms with Crippen molar-refractivity contribution in [3.63, 3.8) is 0 Å². The third-order valence-corrected chi connectivity index (χ3v) is 5.54. The zero-order chi connectivity index (χ0) is 16.4. The van der Waals surface area contributed by atoms with Crippen molar-refractivity contribution < 1.29 is 0 Å². The normalized spacial score (nSPS) is 19.0. The first-order chi connectivity index (χ1) is 11.8. The van der Waals surface area contributed by atoms with Crippen LogP contribution in [0.2, 0.25) is 0 Å². The van der Waals surface area contributed by atoms with Crippen LogP contribution in [-0.4, -0.2) is 58.6 Å². The lowest BCUT2D eigenvalue weighted by Crippen LogP contribution is -2.31. The molecule has 2 aromatic rings. The second-order valence-electron chi connectivity index (χ2n) is 6.38. The summed E-state index contributed by atoms with van der Waals surface area (Å²) in [6, 6.07) is 2.15. The molecule has 0 unspecified atom stereocenters. The van der Waals surface area contributed by atoms with Crippen LogP contribution >= 0.6 is 11.5 Å². The third-order valence-electron chi connectivity index (χ3n) is 4.68. The first-order valence-corrected chi connectivity index (χ1v) is 9.44. The standard InChI is InChI=1S/C16H23N7S/c1-13-19-16(24-20-13)23-8-4-7-22(9-10-23)15-11-14(17-12-18-15)21-5-2-3-6-21/h11-12H,2-10H2,1H3. The van der Waals surface area contributed by atoms with Gasteiger partial charge in [-0.1, -0.05) is 0 Å². The summed E-state index contributed by atoms with van der Waals surface area (Å²) in [5.41, 5.74) is 0. The predicted molar refractivity (Wildman–Crippen MR) is 97.2 cm³/mol. The summed E-state index contributed by atoms with van der Waals surface area (Å²) in [5.74, 6) is 2.97. The topological polar surface area (TPSA) is 61.3 Å². The lowest BCUT2D eigenvalue weighted by atomic mass is 10.3. The van der Waals surface area contributed by atoms with Crippen LogP contribution in [0.4, 0.5) is 16.8 Å². The first kappa shape index (κ1) is 15.6. The maximum atomic E-state index is 4.52. The molecule has 0 saturated carbocycles. The van der Waals surface area contributed by atoms with Gasteiger partial charge in [-0.05, 0) is 26.2 Å². The molecular formula is C16H23N7S. The molecule has 0 atom stereocenters. The van der Waals surface area contributed by atoms with Crippen molar-refractivity contribution in [2.24, 2.45) is 0 Å². The molecule has 0 spiro atoms. The Labute approximate surface area is 146 Å². The third kappa shape index (κ3) is 3.28. The van der Waals surface area contributed by atoms with Gasteiger partial charge >= 0.3 is 0 Å². The summed E-state index contributed by atoms with van der Waals surface area (Å²) < 4.78 is 4.30. The Kier molecular flexibility index (Phi) is 4.46. The van der Waals surface area contributed by atoms with Crippen LogP contribution in [0, 0.1) is 6.92 Å². The summed E-state index contributed by atoms with van der Waals surface area (Å²) in [6.07, 6.45) is 5.33. The molecule has 2 aliphatic rings. The number of hydrogen-bond donors (Lipinski definition) is 0. The molecular weight excluding hydrogens is 322 g/mol. The highest BCUT2D eigenvalue weighted by molar-refractivity contribution is 7.09. The smallest absolute Gasteiger partial charge is 0.205 e. The van der Waals surface area contributed by atoms with E-state index in [0.29, 0.717) is 0 Å². The summed E-state index contributed by atoms with van der Waals surface area (Å²) in [4.78, 5) is 20.6. The SMILES string of the molecule is Cc1nsc(N2CCCN(c3cc(N4CCCC4)ncn3)CC2)n1. The second-order valence-corrected chi connectivity index (χ2v) is 7.11. The van der Waals surface area contributed by atoms with Gasteiger partial charge < -0.3 is 14.7 Å². The summed E-state index contributed by atoms with van der Waals surface area (Å²) >= 11 is 1.50. The zero-order valence-corrected chi connectivity index (χ0v) is 14.9. The van der Waals surface area contributed by atoms with Gasteiger partial charge in [0.1, 0.15) is 23.8 Å². The number of nitrogens with zero attached hydrogens (tertiary/aromatic N) is 7. The Bertz CT molecular complexity index is 683. The summed E-state index contributed by atoms with van der Waals surface area (Å²) in [5, 5.41) is 1.04. The molecule has 2 aromatic heterocycles. The predicted octanol–water partition coefficient (Wildman–Crippen LogP) is 1.95. The monoisotopic (exact) mass is 345 g/mol. The molecule has 2 aliphatic heterocycles. The average molecular weight is 345 g/mol. The van der Waals surface area contributed by atoms with Gasteiger partial charge in [-0.15, -0.1) is 0 Å². The van der Waals surface area contributed by atoms with Crippen LogP contribution < -0.4 is 14.7 Å². The Morgan fingerprint density at radius 1 is 0.833 bits per heavy atom. The minimum Gasteiger partial charge on any atom is -0.356 e. The quantitative estimate of drug-likeness (QED) is 0.842. The van der Waals surface area contributed by atoms with Gasteiger partial charge in [-0.2, -0.15) is 4.37 Å². The average Bonchev–Trinajstić information content (AvgIpc) is 3.22. The van der Waals surface area contributed by atoms with E-state index in [4.69, 9.17) is 0 Å². The molecule has 2 fully saturated rings. The minimum atomic E-state index is 0.863. The summed E-state index contributed by atoms with van der Waals surface area (Å²) in [6.45, 7) is 8.12. The number of aryl methyl sites for hydroxylation is 1. The fraction of sp³-hybridized carbons (Fsp3) is 0.625. The van der Waals surface area contributed by atoms with Gasteiger partial charge in [0.2, 0.25) is 5.13 Å². The lowest BCUT2D eigenvalue weighted by molar-refractivity contribution is 0.793. The minimum absolute atomic E-state index is 0.863. The van der Waals surface area contributed by atoms with Crippen molar-refractivity contribution in [3.8, 4) is 0 Å². The van der Waals surface area contributed by atoms with Gasteiger partial charge in [0.05, 0.1) is 0 Å². The molecule has 2 saturated heterocycles. The molecule has 0 radical (unpaired) electrons. The van der Waals surface area contributed by atoms with E-state index in [1.165, 1.54) is 24.4 Å². The second kappa shape index (κ2) is 6.88. The van der Waals surface area contributed by atoms with E-state index >= 15 is 0 Å². The van der Waals surface area contributed by atoms with Crippen molar-refractivity contribution in [2.75, 3.05) is 54.0 Å². The van der Waals surface area contributed by atoms with Gasteiger partial charge in [-0.3, -0.25) is 0 Å². The van der Waals surface area contributed by atoms with E-state index in [1.807, 2.05) is 6.92 Å². The number of anilines is 3. The van der Waals surface area contributed by atoms with E-state index in [0.717, 1.165) is 68.3 Å². The molecule has 0 aromatic carbocycles. The summed E-state index contributed by atoms with van der Waals surface area (Å²) in [7, 11) is 0. The molecule has 24 heavy (non-hydrogen) atoms. The van der Waals surface area contributed by atoms with Crippen molar-refractivity contribution in [2.45, 2.75) is 26.2 Å². The molecule has 0 amide bonds. The maximum absolute atomic E-state index is 4.52. The fourth-order valence-corrected chi connectivity index (χ4v) is 4.11. The molecule has 8 heteroatoms. The molecule has 7 nitrogen and oxygen atoms in total. The van der Waals surface area contributed by atoms with Crippen LogP contribution in [0.5, 0.6) is 0 Å². The molecule has 0 bridgehead atoms. The number of rotatable bonds is 3. The Balaban J connectivity index is 1.46. The Morgan fingerprint density at radius 3 is 2.17 bits per heavy atom. The molecule has 128 valence electrons. The largest absolute Gasteiger partial charge is 0.356 e.